The molecule has 1 aromatic carbocycles. The smallest absolute Gasteiger partial charge is 0.00375 e. The summed E-state index contributed by atoms with van der Waals surface area (Å²) in [7, 11) is 0. The largest absolute Gasteiger partial charge is 0.330 e. The maximum absolute atomic E-state index is 5.83. The van der Waals surface area contributed by atoms with Gasteiger partial charge in [0.15, 0.2) is 0 Å². The van der Waals surface area contributed by atoms with Crippen molar-refractivity contribution in [3.63, 3.8) is 0 Å². The van der Waals surface area contributed by atoms with Gasteiger partial charge in [0, 0.05) is 0 Å². The minimum atomic E-state index is 0.396. The lowest BCUT2D eigenvalue weighted by Crippen LogP contribution is -2.05. The van der Waals surface area contributed by atoms with Crippen molar-refractivity contribution in [2.45, 2.75) is 33.6 Å². The highest BCUT2D eigenvalue weighted by atomic mass is 14.7. The van der Waals surface area contributed by atoms with E-state index < -0.39 is 0 Å². The van der Waals surface area contributed by atoms with Crippen molar-refractivity contribution in [1.29, 1.82) is 0 Å². The van der Waals surface area contributed by atoms with Crippen LogP contribution in [0.2, 0.25) is 0 Å². The molecule has 0 aliphatic heterocycles. The van der Waals surface area contributed by atoms with Gasteiger partial charge in [0.1, 0.15) is 0 Å². The minimum absolute atomic E-state index is 0.396. The van der Waals surface area contributed by atoms with Crippen LogP contribution < -0.4 is 5.73 Å². The van der Waals surface area contributed by atoms with Gasteiger partial charge in [-0.15, -0.1) is 0 Å². The van der Waals surface area contributed by atoms with E-state index in [-0.39, 0.29) is 0 Å². The van der Waals surface area contributed by atoms with Gasteiger partial charge in [0.25, 0.3) is 0 Å². The molecule has 0 amide bonds. The third kappa shape index (κ3) is 1.59. The van der Waals surface area contributed by atoms with E-state index in [4.69, 9.17) is 5.73 Å². The summed E-state index contributed by atoms with van der Waals surface area (Å²) in [6, 6.07) is 6.75. The van der Waals surface area contributed by atoms with Crippen LogP contribution in [0.4, 0.5) is 0 Å². The second kappa shape index (κ2) is 3.34. The summed E-state index contributed by atoms with van der Waals surface area (Å²) in [6.07, 6.45) is 0. The molecular weight excluding hydrogens is 182 g/mol. The molecule has 0 spiro atoms. The highest BCUT2D eigenvalue weighted by Crippen LogP contribution is 2.64. The molecule has 0 radical (unpaired) electrons. The lowest BCUT2D eigenvalue weighted by Gasteiger charge is -2.08. The van der Waals surface area contributed by atoms with Crippen molar-refractivity contribution >= 4 is 0 Å². The SMILES string of the molecule is Cc1ccc(C)c(C2C(CN)C2(C)C)c1. The summed E-state index contributed by atoms with van der Waals surface area (Å²) < 4.78 is 0. The molecule has 2 atom stereocenters. The van der Waals surface area contributed by atoms with Crippen LogP contribution in [0.1, 0.15) is 36.5 Å². The Morgan fingerprint density at radius 3 is 2.47 bits per heavy atom. The Labute approximate surface area is 92.7 Å². The predicted octanol–water partition coefficient (Wildman–Crippen LogP) is 3.00. The molecule has 1 heteroatoms. The Hall–Kier alpha value is -0.820. The van der Waals surface area contributed by atoms with Crippen LogP contribution in [-0.2, 0) is 0 Å². The summed E-state index contributed by atoms with van der Waals surface area (Å²) in [5, 5.41) is 0. The monoisotopic (exact) mass is 203 g/mol. The van der Waals surface area contributed by atoms with E-state index in [9.17, 15) is 0 Å². The Morgan fingerprint density at radius 1 is 1.27 bits per heavy atom. The average molecular weight is 203 g/mol. The van der Waals surface area contributed by atoms with Crippen molar-refractivity contribution < 1.29 is 0 Å². The quantitative estimate of drug-likeness (QED) is 0.785. The molecular formula is C14H21N. The van der Waals surface area contributed by atoms with Gasteiger partial charge in [-0.25, -0.2) is 0 Å². The molecule has 1 aromatic rings. The number of benzene rings is 1. The van der Waals surface area contributed by atoms with Crippen LogP contribution in [0.5, 0.6) is 0 Å². The first-order valence-corrected chi connectivity index (χ1v) is 5.75. The van der Waals surface area contributed by atoms with Crippen LogP contribution in [0.3, 0.4) is 0 Å². The normalized spacial score (nSPS) is 27.8. The van der Waals surface area contributed by atoms with Gasteiger partial charge in [-0.3, -0.25) is 0 Å². The van der Waals surface area contributed by atoms with Gasteiger partial charge in [-0.05, 0) is 48.8 Å². The summed E-state index contributed by atoms with van der Waals surface area (Å²) in [4.78, 5) is 0. The van der Waals surface area contributed by atoms with Crippen LogP contribution in [-0.4, -0.2) is 6.54 Å². The molecule has 1 fully saturated rings. The fraction of sp³-hybridized carbons (Fsp3) is 0.571. The Bertz CT molecular complexity index is 379. The number of rotatable bonds is 2. The highest BCUT2D eigenvalue weighted by molar-refractivity contribution is 5.40. The van der Waals surface area contributed by atoms with E-state index in [0.29, 0.717) is 17.3 Å². The molecule has 15 heavy (non-hydrogen) atoms. The van der Waals surface area contributed by atoms with E-state index in [1.807, 2.05) is 0 Å². The molecule has 0 bridgehead atoms. The molecule has 1 aliphatic rings. The van der Waals surface area contributed by atoms with Crippen molar-refractivity contribution in [1.82, 2.24) is 0 Å². The molecule has 82 valence electrons. The van der Waals surface area contributed by atoms with Crippen molar-refractivity contribution in [2.24, 2.45) is 17.1 Å². The van der Waals surface area contributed by atoms with E-state index in [2.05, 4.69) is 45.9 Å². The number of hydrogen-bond donors (Lipinski definition) is 1. The van der Waals surface area contributed by atoms with Crippen LogP contribution in [0, 0.1) is 25.2 Å². The zero-order valence-electron chi connectivity index (χ0n) is 10.2. The number of aryl methyl sites for hydroxylation is 2. The second-order valence-corrected chi connectivity index (χ2v) is 5.50. The minimum Gasteiger partial charge on any atom is -0.330 e. The number of nitrogens with two attached hydrogens (primary N) is 1. The van der Waals surface area contributed by atoms with Crippen LogP contribution in [0.25, 0.3) is 0 Å². The fourth-order valence-electron chi connectivity index (χ4n) is 2.90. The maximum atomic E-state index is 5.83. The molecule has 0 saturated heterocycles. The van der Waals surface area contributed by atoms with E-state index in [0.717, 1.165) is 6.54 Å². The topological polar surface area (TPSA) is 26.0 Å². The van der Waals surface area contributed by atoms with Gasteiger partial charge in [0.2, 0.25) is 0 Å². The zero-order valence-corrected chi connectivity index (χ0v) is 10.2. The zero-order chi connectivity index (χ0) is 11.2. The van der Waals surface area contributed by atoms with Gasteiger partial charge < -0.3 is 5.73 Å². The molecule has 0 heterocycles. The van der Waals surface area contributed by atoms with Gasteiger partial charge >= 0.3 is 0 Å². The van der Waals surface area contributed by atoms with Crippen molar-refractivity contribution in [3.05, 3.63) is 34.9 Å². The molecule has 2 unspecified atom stereocenters. The Morgan fingerprint density at radius 2 is 1.93 bits per heavy atom. The molecule has 0 aromatic heterocycles. The van der Waals surface area contributed by atoms with E-state index in [1.165, 1.54) is 16.7 Å². The lowest BCUT2D eigenvalue weighted by atomic mass is 9.97. The Kier molecular flexibility index (Phi) is 2.38. The first kappa shape index (κ1) is 10.7. The third-order valence-electron chi connectivity index (χ3n) is 4.07. The first-order chi connectivity index (χ1) is 6.98. The predicted molar refractivity (Wildman–Crippen MR) is 65.0 cm³/mol. The van der Waals surface area contributed by atoms with E-state index >= 15 is 0 Å². The molecule has 1 saturated carbocycles. The summed E-state index contributed by atoms with van der Waals surface area (Å²) in [5.74, 6) is 1.33. The van der Waals surface area contributed by atoms with E-state index in [1.54, 1.807) is 0 Å². The number of hydrogen-bond acceptors (Lipinski definition) is 1. The molecule has 2 rings (SSSR count). The molecule has 1 nitrogen and oxygen atoms in total. The standard InChI is InChI=1S/C14H21N/c1-9-5-6-10(2)11(7-9)13-12(8-15)14(13,3)4/h5-7,12-13H,8,15H2,1-4H3. The van der Waals surface area contributed by atoms with Crippen molar-refractivity contribution in [3.8, 4) is 0 Å². The second-order valence-electron chi connectivity index (χ2n) is 5.50. The molecule has 2 N–H and O–H groups in total. The summed E-state index contributed by atoms with van der Waals surface area (Å²) in [6.45, 7) is 9.84. The van der Waals surface area contributed by atoms with Gasteiger partial charge in [-0.1, -0.05) is 37.6 Å². The lowest BCUT2D eigenvalue weighted by molar-refractivity contribution is 0.558. The first-order valence-electron chi connectivity index (χ1n) is 5.75. The highest BCUT2D eigenvalue weighted by Gasteiger charge is 2.57. The van der Waals surface area contributed by atoms with Crippen LogP contribution >= 0.6 is 0 Å². The van der Waals surface area contributed by atoms with Gasteiger partial charge in [-0.2, -0.15) is 0 Å². The van der Waals surface area contributed by atoms with Crippen LogP contribution in [0.15, 0.2) is 18.2 Å². The van der Waals surface area contributed by atoms with Crippen molar-refractivity contribution in [2.75, 3.05) is 6.54 Å². The average Bonchev–Trinajstić information content (AvgIpc) is 2.72. The van der Waals surface area contributed by atoms with Gasteiger partial charge in [0.05, 0.1) is 0 Å². The molecule has 1 aliphatic carbocycles. The third-order valence-corrected chi connectivity index (χ3v) is 4.07. The fourth-order valence-corrected chi connectivity index (χ4v) is 2.90. The summed E-state index contributed by atoms with van der Waals surface area (Å²) >= 11 is 0. The maximum Gasteiger partial charge on any atom is -0.00375 e. The summed E-state index contributed by atoms with van der Waals surface area (Å²) in [5.41, 5.74) is 10.5. The Balaban J connectivity index is 2.36.